The Morgan fingerprint density at radius 2 is 1.83 bits per heavy atom. The van der Waals surface area contributed by atoms with Crippen LogP contribution >= 0.6 is 12.4 Å². The van der Waals surface area contributed by atoms with Gasteiger partial charge < -0.3 is 10.6 Å². The van der Waals surface area contributed by atoms with Crippen molar-refractivity contribution in [2.75, 3.05) is 12.4 Å². The standard InChI is InChI=1S/C23H22F3N5O2S.ClH/c1-27-11-16-14-31(34(32,33)18-3-2-6-28-13-18)22-7-17(4-5-19(16)22)30-23-15(8-24)12-29-21(10-26)20(23)9-25;/h2-7,12-14,27H,8-11H2,1H3,(H,29,30);1H. The lowest BCUT2D eigenvalue weighted by Gasteiger charge is -2.16. The SMILES string of the molecule is CNCc1cn(S(=O)(=O)c2cccnc2)c2cc(Nc3c(CF)cnc(CF)c3CF)ccc12.Cl. The van der Waals surface area contributed by atoms with Gasteiger partial charge in [-0.2, -0.15) is 0 Å². The molecule has 0 saturated carbocycles. The van der Waals surface area contributed by atoms with E-state index in [1.165, 1.54) is 30.7 Å². The monoisotopic (exact) mass is 525 g/mol. The molecule has 4 rings (SSSR count). The number of pyridine rings is 2. The Labute approximate surface area is 206 Å². The summed E-state index contributed by atoms with van der Waals surface area (Å²) < 4.78 is 68.5. The maximum atomic E-state index is 13.7. The maximum Gasteiger partial charge on any atom is 0.269 e. The van der Waals surface area contributed by atoms with Gasteiger partial charge >= 0.3 is 0 Å². The molecule has 3 aromatic heterocycles. The fraction of sp³-hybridized carbons (Fsp3) is 0.217. The number of alkyl halides is 3. The third-order valence-electron chi connectivity index (χ3n) is 5.43. The highest BCUT2D eigenvalue weighted by atomic mass is 35.5. The number of hydrogen-bond donors (Lipinski definition) is 2. The van der Waals surface area contributed by atoms with Crippen molar-refractivity contribution in [2.45, 2.75) is 31.5 Å². The third kappa shape index (κ3) is 4.97. The zero-order valence-corrected chi connectivity index (χ0v) is 20.3. The van der Waals surface area contributed by atoms with E-state index in [0.717, 1.165) is 15.7 Å². The fourth-order valence-corrected chi connectivity index (χ4v) is 5.13. The topological polar surface area (TPSA) is 88.9 Å². The van der Waals surface area contributed by atoms with E-state index in [1.807, 2.05) is 0 Å². The van der Waals surface area contributed by atoms with Gasteiger partial charge in [-0.15, -0.1) is 12.4 Å². The molecule has 0 radical (unpaired) electrons. The average molecular weight is 526 g/mol. The summed E-state index contributed by atoms with van der Waals surface area (Å²) in [6.45, 7) is -2.56. The Morgan fingerprint density at radius 3 is 2.46 bits per heavy atom. The smallest absolute Gasteiger partial charge is 0.269 e. The van der Waals surface area contributed by atoms with Crippen molar-refractivity contribution in [3.05, 3.63) is 77.5 Å². The molecule has 0 saturated heterocycles. The second-order valence-corrected chi connectivity index (χ2v) is 9.33. The summed E-state index contributed by atoms with van der Waals surface area (Å²) in [5.41, 5.74) is 1.44. The molecule has 35 heavy (non-hydrogen) atoms. The van der Waals surface area contributed by atoms with E-state index in [-0.39, 0.29) is 39.8 Å². The highest BCUT2D eigenvalue weighted by Gasteiger charge is 2.22. The van der Waals surface area contributed by atoms with Crippen molar-refractivity contribution in [1.82, 2.24) is 19.3 Å². The van der Waals surface area contributed by atoms with Crippen LogP contribution in [0.15, 0.2) is 60.0 Å². The number of rotatable bonds is 9. The molecule has 186 valence electrons. The number of benzene rings is 1. The molecule has 0 unspecified atom stereocenters. The minimum Gasteiger partial charge on any atom is -0.355 e. The molecule has 0 spiro atoms. The summed E-state index contributed by atoms with van der Waals surface area (Å²) in [4.78, 5) is 7.72. The number of anilines is 2. The van der Waals surface area contributed by atoms with Crippen molar-refractivity contribution in [1.29, 1.82) is 0 Å². The van der Waals surface area contributed by atoms with Gasteiger partial charge in [0.25, 0.3) is 10.0 Å². The molecule has 0 aliphatic carbocycles. The van der Waals surface area contributed by atoms with Crippen LogP contribution in [0.2, 0.25) is 0 Å². The van der Waals surface area contributed by atoms with E-state index < -0.39 is 30.0 Å². The predicted octanol–water partition coefficient (Wildman–Crippen LogP) is 4.96. The van der Waals surface area contributed by atoms with Crippen molar-refractivity contribution in [3.63, 3.8) is 0 Å². The van der Waals surface area contributed by atoms with E-state index in [1.54, 1.807) is 25.2 Å². The Hall–Kier alpha value is -3.15. The lowest BCUT2D eigenvalue weighted by Crippen LogP contribution is -2.12. The fourth-order valence-electron chi connectivity index (χ4n) is 3.78. The van der Waals surface area contributed by atoms with E-state index in [0.29, 0.717) is 23.1 Å². The van der Waals surface area contributed by atoms with Crippen LogP contribution in [0.3, 0.4) is 0 Å². The van der Waals surface area contributed by atoms with Gasteiger partial charge in [0, 0.05) is 53.5 Å². The lowest BCUT2D eigenvalue weighted by atomic mass is 10.1. The summed E-state index contributed by atoms with van der Waals surface area (Å²) in [5, 5.41) is 6.65. The van der Waals surface area contributed by atoms with Gasteiger partial charge in [-0.1, -0.05) is 6.07 Å². The van der Waals surface area contributed by atoms with Gasteiger partial charge in [-0.3, -0.25) is 9.97 Å². The van der Waals surface area contributed by atoms with Crippen molar-refractivity contribution in [2.24, 2.45) is 0 Å². The zero-order valence-electron chi connectivity index (χ0n) is 18.6. The minimum absolute atomic E-state index is 0. The number of hydrogen-bond acceptors (Lipinski definition) is 6. The summed E-state index contributed by atoms with van der Waals surface area (Å²) >= 11 is 0. The van der Waals surface area contributed by atoms with Crippen LogP contribution in [0.4, 0.5) is 24.5 Å². The van der Waals surface area contributed by atoms with Crippen molar-refractivity contribution in [3.8, 4) is 0 Å². The first-order chi connectivity index (χ1) is 16.4. The molecule has 7 nitrogen and oxygen atoms in total. The highest BCUT2D eigenvalue weighted by Crippen LogP contribution is 2.33. The summed E-state index contributed by atoms with van der Waals surface area (Å²) in [5.74, 6) is 0. The van der Waals surface area contributed by atoms with Crippen LogP contribution in [0.5, 0.6) is 0 Å². The Bertz CT molecular complexity index is 1430. The van der Waals surface area contributed by atoms with Crippen molar-refractivity contribution < 1.29 is 21.6 Å². The summed E-state index contributed by atoms with van der Waals surface area (Å²) in [6, 6.07) is 7.94. The number of nitrogens with one attached hydrogen (secondary N) is 2. The van der Waals surface area contributed by atoms with Crippen LogP contribution in [0, 0.1) is 0 Å². The van der Waals surface area contributed by atoms with E-state index >= 15 is 0 Å². The quantitative estimate of drug-likeness (QED) is 0.321. The Morgan fingerprint density at radius 1 is 1.03 bits per heavy atom. The predicted molar refractivity (Wildman–Crippen MR) is 131 cm³/mol. The summed E-state index contributed by atoms with van der Waals surface area (Å²) in [7, 11) is -2.22. The number of halogens is 4. The Kier molecular flexibility index (Phi) is 8.36. The van der Waals surface area contributed by atoms with Crippen LogP contribution in [-0.2, 0) is 36.6 Å². The average Bonchev–Trinajstić information content (AvgIpc) is 3.23. The molecule has 1 aromatic carbocycles. The first kappa shape index (κ1) is 26.5. The molecule has 0 amide bonds. The second kappa shape index (κ2) is 11.1. The molecule has 0 aliphatic rings. The highest BCUT2D eigenvalue weighted by molar-refractivity contribution is 7.90. The van der Waals surface area contributed by atoms with Crippen LogP contribution < -0.4 is 10.6 Å². The van der Waals surface area contributed by atoms with Gasteiger partial charge in [0.05, 0.1) is 16.9 Å². The number of aromatic nitrogens is 3. The summed E-state index contributed by atoms with van der Waals surface area (Å²) in [6.07, 6.45) is 5.43. The normalized spacial score (nSPS) is 11.4. The number of nitrogens with zero attached hydrogens (tertiary/aromatic N) is 3. The van der Waals surface area contributed by atoms with Gasteiger partial charge in [0.15, 0.2) is 0 Å². The van der Waals surface area contributed by atoms with Gasteiger partial charge in [-0.05, 0) is 36.9 Å². The molecule has 0 aliphatic heterocycles. The molecule has 0 atom stereocenters. The Balaban J connectivity index is 0.00000342. The second-order valence-electron chi connectivity index (χ2n) is 7.52. The molecular formula is C23H23ClF3N5O2S. The van der Waals surface area contributed by atoms with Gasteiger partial charge in [-0.25, -0.2) is 25.6 Å². The maximum absolute atomic E-state index is 13.7. The largest absolute Gasteiger partial charge is 0.355 e. The van der Waals surface area contributed by atoms with E-state index in [9.17, 15) is 21.6 Å². The van der Waals surface area contributed by atoms with E-state index in [4.69, 9.17) is 0 Å². The number of fused-ring (bicyclic) bond motifs is 1. The van der Waals surface area contributed by atoms with Crippen LogP contribution in [0.25, 0.3) is 10.9 Å². The molecule has 0 bridgehead atoms. The molecule has 3 heterocycles. The van der Waals surface area contributed by atoms with Gasteiger partial charge in [0.2, 0.25) is 0 Å². The molecule has 4 aromatic rings. The van der Waals surface area contributed by atoms with E-state index in [2.05, 4.69) is 20.6 Å². The molecule has 12 heteroatoms. The first-order valence-corrected chi connectivity index (χ1v) is 11.8. The van der Waals surface area contributed by atoms with Crippen LogP contribution in [0.1, 0.15) is 22.4 Å². The zero-order chi connectivity index (χ0) is 24.3. The third-order valence-corrected chi connectivity index (χ3v) is 7.09. The molecule has 2 N–H and O–H groups in total. The lowest BCUT2D eigenvalue weighted by molar-refractivity contribution is 0.443. The molecule has 0 fully saturated rings. The van der Waals surface area contributed by atoms with Gasteiger partial charge in [0.1, 0.15) is 24.9 Å². The molecular weight excluding hydrogens is 503 g/mol. The first-order valence-electron chi connectivity index (χ1n) is 10.3. The minimum atomic E-state index is -3.97. The van der Waals surface area contributed by atoms with Crippen LogP contribution in [-0.4, -0.2) is 29.4 Å². The van der Waals surface area contributed by atoms with Crippen molar-refractivity contribution >= 4 is 44.7 Å².